The molecule has 0 fully saturated rings. The summed E-state index contributed by atoms with van der Waals surface area (Å²) in [6.45, 7) is 10.3. The van der Waals surface area contributed by atoms with Gasteiger partial charge in [0, 0.05) is 42.9 Å². The minimum absolute atomic E-state index is 0. The standard InChI is InChI=1S/C44H37N2O.C14H14N.Ir/c1-27(2)36-24-33(31-16-10-7-11-17-31)25-37(28(3)4)42(36)46-39-19-13-12-18-38(39)45-44(46)35-22-20-29(5)41-34-23-21-32(26-40(34)47-43(35)41)30-14-8-6-9-15-30;1-11(2)13-8-9-15-14(10-13)12-6-4-3-5-7-12;/h6-21,23-28H,1-5H3;3-6,8-11H,1-2H3;/q2*-1;/i5D3;11D;. The molecule has 5 heteroatoms. The fourth-order valence-electron chi connectivity index (χ4n) is 8.28. The summed E-state index contributed by atoms with van der Waals surface area (Å²) in [5.74, 6) is 0.466. The SMILES string of the molecule is [2H]C(C)(C)c1ccnc(-c2[c-]cccc2)c1.[2H]C([2H])([2H])c1c[c-]c(-c2nc3ccccc3n2-c2c(C(C)C)cc(-c3ccccc3)cc2C(C)C)c2oc3cc(-c4ccccc4)ccc3c12.[Ir]. The third-order valence-electron chi connectivity index (χ3n) is 11.5. The molecule has 10 rings (SSSR count). The molecule has 0 bridgehead atoms. The summed E-state index contributed by atoms with van der Waals surface area (Å²) in [4.78, 5) is 9.56. The van der Waals surface area contributed by atoms with Gasteiger partial charge in [-0.05, 0) is 93.2 Å². The van der Waals surface area contributed by atoms with Gasteiger partial charge in [0.25, 0.3) is 0 Å². The van der Waals surface area contributed by atoms with Crippen molar-refractivity contribution in [3.05, 3.63) is 198 Å². The Hall–Kier alpha value is -6.39. The van der Waals surface area contributed by atoms with Gasteiger partial charge in [-0.1, -0.05) is 156 Å². The van der Waals surface area contributed by atoms with Gasteiger partial charge >= 0.3 is 0 Å². The van der Waals surface area contributed by atoms with E-state index in [1.807, 2.05) is 111 Å². The second kappa shape index (κ2) is 18.5. The largest absolute Gasteiger partial charge is 0.501 e. The molecule has 0 aliphatic carbocycles. The number of benzene rings is 7. The van der Waals surface area contributed by atoms with Crippen LogP contribution in [0.15, 0.2) is 168 Å². The van der Waals surface area contributed by atoms with Crippen LogP contribution >= 0.6 is 0 Å². The Kier molecular flexibility index (Phi) is 11.3. The van der Waals surface area contributed by atoms with Crippen molar-refractivity contribution in [3.63, 3.8) is 0 Å². The van der Waals surface area contributed by atoms with Crippen molar-refractivity contribution in [1.29, 1.82) is 0 Å². The van der Waals surface area contributed by atoms with Crippen molar-refractivity contribution in [3.8, 4) is 50.6 Å². The molecule has 4 nitrogen and oxygen atoms in total. The maximum Gasteiger partial charge on any atom is 0.121 e. The molecule has 63 heavy (non-hydrogen) atoms. The third kappa shape index (κ3) is 8.56. The Balaban J connectivity index is 0.000000303. The number of aromatic nitrogens is 3. The molecule has 3 aromatic heterocycles. The third-order valence-corrected chi connectivity index (χ3v) is 11.5. The number of hydrogen-bond donors (Lipinski definition) is 0. The molecule has 1 radical (unpaired) electrons. The van der Waals surface area contributed by atoms with Gasteiger partial charge in [0.05, 0.1) is 22.4 Å². The van der Waals surface area contributed by atoms with E-state index < -0.39 is 12.7 Å². The summed E-state index contributed by atoms with van der Waals surface area (Å²) in [6.07, 6.45) is 1.75. The van der Waals surface area contributed by atoms with E-state index in [9.17, 15) is 0 Å². The van der Waals surface area contributed by atoms with Gasteiger partial charge in [-0.2, -0.15) is 0 Å². The number of pyridine rings is 1. The minimum atomic E-state index is -2.37. The van der Waals surface area contributed by atoms with Crippen LogP contribution in [0.5, 0.6) is 0 Å². The van der Waals surface area contributed by atoms with Crippen LogP contribution in [0.25, 0.3) is 83.6 Å². The van der Waals surface area contributed by atoms with Crippen LogP contribution in [-0.2, 0) is 20.1 Å². The zero-order valence-corrected chi connectivity index (χ0v) is 38.7. The maximum atomic E-state index is 8.48. The monoisotopic (exact) mass is 1000 g/mol. The summed E-state index contributed by atoms with van der Waals surface area (Å²) in [6, 6.07) is 59.1. The summed E-state index contributed by atoms with van der Waals surface area (Å²) < 4.78 is 42.4. The van der Waals surface area contributed by atoms with E-state index in [1.54, 1.807) is 12.3 Å². The van der Waals surface area contributed by atoms with Gasteiger partial charge in [-0.15, -0.1) is 53.6 Å². The van der Waals surface area contributed by atoms with Gasteiger partial charge in [-0.25, -0.2) is 0 Å². The molecule has 0 unspecified atom stereocenters. The predicted octanol–water partition coefficient (Wildman–Crippen LogP) is 16.0. The van der Waals surface area contributed by atoms with E-state index in [4.69, 9.17) is 14.9 Å². The van der Waals surface area contributed by atoms with Crippen LogP contribution in [-0.4, -0.2) is 14.5 Å². The van der Waals surface area contributed by atoms with E-state index in [1.165, 1.54) is 22.3 Å². The molecule has 0 aliphatic rings. The Morgan fingerprint density at radius 3 is 1.98 bits per heavy atom. The molecule has 315 valence electrons. The molecule has 0 atom stereocenters. The average molecular weight is 1000 g/mol. The Bertz CT molecular complexity index is 3300. The summed E-state index contributed by atoms with van der Waals surface area (Å²) in [5.41, 5.74) is 14.4. The van der Waals surface area contributed by atoms with Gasteiger partial charge < -0.3 is 14.0 Å². The molecular weight excluding hydrogens is 947 g/mol. The van der Waals surface area contributed by atoms with E-state index in [2.05, 4.69) is 104 Å². The van der Waals surface area contributed by atoms with Crippen molar-refractivity contribution < 1.29 is 30.0 Å². The second-order valence-electron chi connectivity index (χ2n) is 16.6. The number of fused-ring (bicyclic) bond motifs is 4. The summed E-state index contributed by atoms with van der Waals surface area (Å²) in [7, 11) is 0. The number of hydrogen-bond acceptors (Lipinski definition) is 3. The first-order valence-corrected chi connectivity index (χ1v) is 21.3. The number of rotatable bonds is 8. The van der Waals surface area contributed by atoms with Crippen LogP contribution in [0.1, 0.15) is 87.0 Å². The van der Waals surface area contributed by atoms with Crippen LogP contribution in [0.3, 0.4) is 0 Å². The minimum Gasteiger partial charge on any atom is -0.501 e. The normalized spacial score (nSPS) is 12.7. The van der Waals surface area contributed by atoms with Crippen molar-refractivity contribution in [1.82, 2.24) is 14.5 Å². The fraction of sp³-hybridized carbons (Fsp3) is 0.172. The molecule has 0 aliphatic heterocycles. The summed E-state index contributed by atoms with van der Waals surface area (Å²) in [5, 5.41) is 1.32. The Morgan fingerprint density at radius 2 is 1.33 bits per heavy atom. The van der Waals surface area contributed by atoms with Gasteiger partial charge in [-0.3, -0.25) is 4.98 Å². The van der Waals surface area contributed by atoms with Crippen LogP contribution in [0, 0.1) is 19.0 Å². The molecule has 0 amide bonds. The first kappa shape index (κ1) is 38.3. The van der Waals surface area contributed by atoms with Crippen molar-refractivity contribution in [2.24, 2.45) is 0 Å². The quantitative estimate of drug-likeness (QED) is 0.143. The number of aryl methyl sites for hydroxylation is 1. The molecule has 0 spiro atoms. The van der Waals surface area contributed by atoms with Crippen LogP contribution in [0.4, 0.5) is 0 Å². The average Bonchev–Trinajstić information content (AvgIpc) is 3.90. The number of para-hydroxylation sites is 2. The van der Waals surface area contributed by atoms with E-state index in [-0.39, 0.29) is 37.5 Å². The predicted molar refractivity (Wildman–Crippen MR) is 259 cm³/mol. The Labute approximate surface area is 390 Å². The van der Waals surface area contributed by atoms with Gasteiger partial charge in [0.15, 0.2) is 0 Å². The smallest absolute Gasteiger partial charge is 0.121 e. The fourth-order valence-corrected chi connectivity index (χ4v) is 8.28. The van der Waals surface area contributed by atoms with E-state index >= 15 is 0 Å². The van der Waals surface area contributed by atoms with Crippen LogP contribution in [0.2, 0.25) is 0 Å². The van der Waals surface area contributed by atoms with E-state index in [0.717, 1.165) is 50.1 Å². The first-order valence-electron chi connectivity index (χ1n) is 23.3. The maximum absolute atomic E-state index is 8.48. The van der Waals surface area contributed by atoms with Gasteiger partial charge in [0.1, 0.15) is 5.58 Å². The zero-order chi connectivity index (χ0) is 46.3. The molecule has 0 saturated heterocycles. The zero-order valence-electron chi connectivity index (χ0n) is 40.3. The second-order valence-corrected chi connectivity index (χ2v) is 16.6. The van der Waals surface area contributed by atoms with Crippen LogP contribution < -0.4 is 0 Å². The molecule has 7 aromatic carbocycles. The molecule has 3 heterocycles. The molecular formula is C58H51IrN3O-2. The molecule has 10 aromatic rings. The topological polar surface area (TPSA) is 43.9 Å². The van der Waals surface area contributed by atoms with Crippen molar-refractivity contribution in [2.75, 3.05) is 0 Å². The summed E-state index contributed by atoms with van der Waals surface area (Å²) >= 11 is 0. The Morgan fingerprint density at radius 1 is 0.667 bits per heavy atom. The van der Waals surface area contributed by atoms with Crippen molar-refractivity contribution in [2.45, 2.75) is 66.1 Å². The number of imidazole rings is 1. The first-order chi connectivity index (χ1) is 31.7. The van der Waals surface area contributed by atoms with Gasteiger partial charge in [0.2, 0.25) is 0 Å². The molecule has 0 saturated carbocycles. The number of nitrogens with zero attached hydrogens (tertiary/aromatic N) is 3. The van der Waals surface area contributed by atoms with E-state index in [0.29, 0.717) is 27.9 Å². The van der Waals surface area contributed by atoms with Crippen molar-refractivity contribution >= 4 is 33.0 Å². The molecule has 0 N–H and O–H groups in total. The number of furan rings is 1.